The maximum atomic E-state index is 11.9. The second-order valence-electron chi connectivity index (χ2n) is 4.41. The molecule has 7 nitrogen and oxygen atoms in total. The van der Waals surface area contributed by atoms with E-state index in [4.69, 9.17) is 4.74 Å². The van der Waals surface area contributed by atoms with Gasteiger partial charge in [0.1, 0.15) is 17.3 Å². The van der Waals surface area contributed by atoms with Crippen molar-refractivity contribution < 1.29 is 14.5 Å². The van der Waals surface area contributed by atoms with Gasteiger partial charge < -0.3 is 10.1 Å². The first-order valence-corrected chi connectivity index (χ1v) is 7.59. The number of nitro groups is 1. The molecule has 112 valence electrons. The molecule has 1 aromatic heterocycles. The van der Waals surface area contributed by atoms with Crippen LogP contribution in [-0.4, -0.2) is 15.8 Å². The molecule has 0 bridgehead atoms. The van der Waals surface area contributed by atoms with E-state index in [-0.39, 0.29) is 11.6 Å². The van der Waals surface area contributed by atoms with E-state index in [0.717, 1.165) is 0 Å². The van der Waals surface area contributed by atoms with Crippen LogP contribution < -0.4 is 10.1 Å². The van der Waals surface area contributed by atoms with Crippen LogP contribution in [0.5, 0.6) is 11.5 Å². The van der Waals surface area contributed by atoms with Gasteiger partial charge in [-0.3, -0.25) is 14.9 Å². The number of benzene rings is 1. The lowest BCUT2D eigenvalue weighted by molar-refractivity contribution is -0.384. The SMILES string of the molecule is O=C1Nc2nccc(Oc3ccc([N+](=O)[O-])cc3)c2C1(Br)Br. The minimum absolute atomic E-state index is 0.0283. The molecule has 0 aliphatic carbocycles. The van der Waals surface area contributed by atoms with E-state index in [0.29, 0.717) is 22.9 Å². The summed E-state index contributed by atoms with van der Waals surface area (Å²) in [5.74, 6) is 0.896. The summed E-state index contributed by atoms with van der Waals surface area (Å²) in [5.41, 5.74) is 0.484. The molecule has 0 unspecified atom stereocenters. The number of pyridine rings is 1. The van der Waals surface area contributed by atoms with E-state index in [1.807, 2.05) is 0 Å². The number of hydrogen-bond acceptors (Lipinski definition) is 5. The number of aromatic nitrogens is 1. The Kier molecular flexibility index (Phi) is 3.61. The number of hydrogen-bond donors (Lipinski definition) is 1. The van der Waals surface area contributed by atoms with Crippen molar-refractivity contribution in [1.82, 2.24) is 4.98 Å². The van der Waals surface area contributed by atoms with Crippen molar-refractivity contribution in [2.75, 3.05) is 5.32 Å². The summed E-state index contributed by atoms with van der Waals surface area (Å²) >= 11 is 6.59. The van der Waals surface area contributed by atoms with Crippen molar-refractivity contribution in [3.63, 3.8) is 0 Å². The minimum Gasteiger partial charge on any atom is -0.457 e. The zero-order valence-electron chi connectivity index (χ0n) is 10.7. The van der Waals surface area contributed by atoms with E-state index < -0.39 is 8.16 Å². The Morgan fingerprint density at radius 3 is 2.55 bits per heavy atom. The van der Waals surface area contributed by atoms with Gasteiger partial charge in [0.15, 0.2) is 3.23 Å². The second kappa shape index (κ2) is 5.33. The molecule has 0 atom stereocenters. The molecule has 0 radical (unpaired) electrons. The molecule has 1 aromatic carbocycles. The van der Waals surface area contributed by atoms with Crippen molar-refractivity contribution >= 4 is 49.3 Å². The number of carbonyl (C=O) groups is 1. The van der Waals surface area contributed by atoms with Gasteiger partial charge in [-0.1, -0.05) is 31.9 Å². The first kappa shape index (κ1) is 14.9. The molecule has 0 saturated carbocycles. The zero-order valence-corrected chi connectivity index (χ0v) is 13.9. The summed E-state index contributed by atoms with van der Waals surface area (Å²) in [4.78, 5) is 26.1. The molecule has 1 amide bonds. The second-order valence-corrected chi connectivity index (χ2v) is 7.86. The van der Waals surface area contributed by atoms with Crippen LogP contribution in [0.2, 0.25) is 0 Å². The number of carbonyl (C=O) groups excluding carboxylic acids is 1. The molecule has 0 saturated heterocycles. The van der Waals surface area contributed by atoms with Crippen molar-refractivity contribution in [2.45, 2.75) is 3.23 Å². The summed E-state index contributed by atoms with van der Waals surface area (Å²) in [6, 6.07) is 7.27. The highest BCUT2D eigenvalue weighted by Gasteiger charge is 2.46. The molecule has 2 heterocycles. The molecule has 1 aliphatic rings. The highest BCUT2D eigenvalue weighted by molar-refractivity contribution is 9.25. The van der Waals surface area contributed by atoms with Gasteiger partial charge in [0.2, 0.25) is 0 Å². The van der Waals surface area contributed by atoms with Gasteiger partial charge in [0, 0.05) is 18.3 Å². The smallest absolute Gasteiger partial charge is 0.269 e. The minimum atomic E-state index is -1.13. The number of amides is 1. The Hall–Kier alpha value is -2.00. The summed E-state index contributed by atoms with van der Waals surface area (Å²) < 4.78 is 4.60. The fourth-order valence-electron chi connectivity index (χ4n) is 1.99. The maximum Gasteiger partial charge on any atom is 0.269 e. The summed E-state index contributed by atoms with van der Waals surface area (Å²) in [6.07, 6.45) is 1.50. The van der Waals surface area contributed by atoms with Gasteiger partial charge in [0.25, 0.3) is 11.6 Å². The van der Waals surface area contributed by atoms with Crippen LogP contribution >= 0.6 is 31.9 Å². The van der Waals surface area contributed by atoms with Crippen molar-refractivity contribution in [1.29, 1.82) is 0 Å². The molecule has 2 aromatic rings. The summed E-state index contributed by atoms with van der Waals surface area (Å²) in [5, 5.41) is 13.3. The average Bonchev–Trinajstić information content (AvgIpc) is 2.70. The number of non-ortho nitro benzene ring substituents is 1. The van der Waals surface area contributed by atoms with Crippen LogP contribution in [0, 0.1) is 10.1 Å². The van der Waals surface area contributed by atoms with Crippen LogP contribution in [0.1, 0.15) is 5.56 Å². The van der Waals surface area contributed by atoms with E-state index in [1.54, 1.807) is 6.07 Å². The Labute approximate surface area is 141 Å². The third kappa shape index (κ3) is 2.46. The number of fused-ring (bicyclic) bond motifs is 1. The van der Waals surface area contributed by atoms with Gasteiger partial charge in [-0.25, -0.2) is 4.98 Å². The fraction of sp³-hybridized carbons (Fsp3) is 0.0769. The van der Waals surface area contributed by atoms with Gasteiger partial charge in [-0.05, 0) is 18.2 Å². The zero-order chi connectivity index (χ0) is 15.9. The van der Waals surface area contributed by atoms with E-state index in [9.17, 15) is 14.9 Å². The van der Waals surface area contributed by atoms with E-state index >= 15 is 0 Å². The van der Waals surface area contributed by atoms with E-state index in [1.165, 1.54) is 30.5 Å². The normalized spacial score (nSPS) is 15.1. The molecule has 0 spiro atoms. The number of nitro benzene ring substituents is 1. The van der Waals surface area contributed by atoms with Gasteiger partial charge >= 0.3 is 0 Å². The fourth-order valence-corrected chi connectivity index (χ4v) is 2.95. The molecule has 1 aliphatic heterocycles. The van der Waals surface area contributed by atoms with Crippen LogP contribution in [0.4, 0.5) is 11.5 Å². The van der Waals surface area contributed by atoms with Crippen LogP contribution in [0.15, 0.2) is 36.5 Å². The van der Waals surface area contributed by atoms with Crippen molar-refractivity contribution in [2.24, 2.45) is 0 Å². The standard InChI is InChI=1S/C13H7Br2N3O4/c14-13(15)10-9(5-6-16-11(10)17-12(13)19)22-8-3-1-7(2-4-8)18(20)21/h1-6H,(H,16,17,19). The Morgan fingerprint density at radius 2 is 1.91 bits per heavy atom. The van der Waals surface area contributed by atoms with Gasteiger partial charge in [-0.15, -0.1) is 0 Å². The van der Waals surface area contributed by atoms with Crippen molar-refractivity contribution in [3.05, 3.63) is 52.2 Å². The molecule has 22 heavy (non-hydrogen) atoms. The van der Waals surface area contributed by atoms with E-state index in [2.05, 4.69) is 42.2 Å². The molecule has 9 heteroatoms. The topological polar surface area (TPSA) is 94.4 Å². The van der Waals surface area contributed by atoms with Gasteiger partial charge in [0.05, 0.1) is 10.5 Å². The lowest BCUT2D eigenvalue weighted by atomic mass is 10.2. The summed E-state index contributed by atoms with van der Waals surface area (Å²) in [6.45, 7) is 0. The predicted molar refractivity (Wildman–Crippen MR) is 85.6 cm³/mol. The predicted octanol–water partition coefficient (Wildman–Crippen LogP) is 3.68. The number of nitrogens with zero attached hydrogens (tertiary/aromatic N) is 2. The number of nitrogens with one attached hydrogen (secondary N) is 1. The average molecular weight is 429 g/mol. The number of halogens is 2. The molecular weight excluding hydrogens is 422 g/mol. The van der Waals surface area contributed by atoms with Gasteiger partial charge in [-0.2, -0.15) is 0 Å². The van der Waals surface area contributed by atoms with Crippen LogP contribution in [-0.2, 0) is 8.03 Å². The van der Waals surface area contributed by atoms with Crippen molar-refractivity contribution in [3.8, 4) is 11.5 Å². The molecular formula is C13H7Br2N3O4. The summed E-state index contributed by atoms with van der Waals surface area (Å²) in [7, 11) is 0. The number of alkyl halides is 2. The maximum absolute atomic E-state index is 11.9. The Morgan fingerprint density at radius 1 is 1.23 bits per heavy atom. The Balaban J connectivity index is 1.96. The first-order valence-electron chi connectivity index (χ1n) is 6.00. The lowest BCUT2D eigenvalue weighted by Gasteiger charge is -2.15. The quantitative estimate of drug-likeness (QED) is 0.457. The number of rotatable bonds is 3. The highest BCUT2D eigenvalue weighted by atomic mass is 79.9. The number of ether oxygens (including phenoxy) is 1. The molecule has 1 N–H and O–H groups in total. The van der Waals surface area contributed by atoms with Crippen LogP contribution in [0.25, 0.3) is 0 Å². The first-order chi connectivity index (χ1) is 10.4. The third-order valence-corrected chi connectivity index (χ3v) is 4.53. The molecule has 0 fully saturated rings. The Bertz CT molecular complexity index is 777. The lowest BCUT2D eigenvalue weighted by Crippen LogP contribution is -2.20. The van der Waals surface area contributed by atoms with Crippen LogP contribution in [0.3, 0.4) is 0 Å². The highest BCUT2D eigenvalue weighted by Crippen LogP contribution is 2.51. The third-order valence-electron chi connectivity index (χ3n) is 3.02. The largest absolute Gasteiger partial charge is 0.457 e. The number of anilines is 1. The monoisotopic (exact) mass is 427 g/mol. The molecule has 3 rings (SSSR count).